The lowest BCUT2D eigenvalue weighted by molar-refractivity contribution is 0.158. The smallest absolute Gasteiger partial charge is 0.317 e. The summed E-state index contributed by atoms with van der Waals surface area (Å²) in [6.45, 7) is 2.32. The summed E-state index contributed by atoms with van der Waals surface area (Å²) in [7, 11) is 1.86. The molecule has 152 valence electrons. The summed E-state index contributed by atoms with van der Waals surface area (Å²) in [5, 5.41) is 15.8. The quantitative estimate of drug-likeness (QED) is 0.683. The molecule has 29 heavy (non-hydrogen) atoms. The van der Waals surface area contributed by atoms with Crippen molar-refractivity contribution in [2.75, 3.05) is 18.4 Å². The van der Waals surface area contributed by atoms with Crippen molar-refractivity contribution in [1.29, 1.82) is 0 Å². The molecule has 10 heteroatoms. The fraction of sp³-hybridized carbons (Fsp3) is 0.526. The number of aromatic nitrogens is 6. The second-order valence-electron chi connectivity index (χ2n) is 8.00. The Morgan fingerprint density at radius 2 is 2.10 bits per heavy atom. The van der Waals surface area contributed by atoms with Gasteiger partial charge in [-0.25, -0.2) is 14.5 Å². The number of carbonyl (C=O) groups excluding carboxylic acids is 1. The third-order valence-corrected chi connectivity index (χ3v) is 5.48. The van der Waals surface area contributed by atoms with Gasteiger partial charge in [-0.2, -0.15) is 15.2 Å². The van der Waals surface area contributed by atoms with Crippen LogP contribution < -0.4 is 10.6 Å². The lowest BCUT2D eigenvalue weighted by Gasteiger charge is -2.32. The summed E-state index contributed by atoms with van der Waals surface area (Å²) in [6, 6.07) is 0.466. The predicted molar refractivity (Wildman–Crippen MR) is 108 cm³/mol. The number of anilines is 2. The third kappa shape index (κ3) is 4.01. The maximum atomic E-state index is 12.4. The molecule has 2 fully saturated rings. The Labute approximate surface area is 168 Å². The molecule has 2 amide bonds. The molecular weight excluding hydrogens is 370 g/mol. The fourth-order valence-electron chi connectivity index (χ4n) is 3.81. The van der Waals surface area contributed by atoms with Gasteiger partial charge in [0.25, 0.3) is 0 Å². The minimum absolute atomic E-state index is 0.0767. The number of amides is 2. The molecule has 2 N–H and O–H groups in total. The number of likely N-dealkylation sites (tertiary alicyclic amines) is 1. The number of nitrogens with one attached hydrogen (secondary N) is 2. The molecule has 1 aliphatic heterocycles. The number of aryl methyl sites for hydroxylation is 1. The Hall–Kier alpha value is -3.17. The number of urea groups is 1. The van der Waals surface area contributed by atoms with Crippen molar-refractivity contribution < 1.29 is 4.79 Å². The number of carbonyl (C=O) groups is 1. The molecule has 5 rings (SSSR count). The summed E-state index contributed by atoms with van der Waals surface area (Å²) in [5.41, 5.74) is 1.63. The van der Waals surface area contributed by atoms with Crippen LogP contribution in [0.25, 0.3) is 11.0 Å². The highest BCUT2D eigenvalue weighted by molar-refractivity contribution is 5.75. The van der Waals surface area contributed by atoms with E-state index in [0.717, 1.165) is 62.0 Å². The van der Waals surface area contributed by atoms with Gasteiger partial charge in [-0.05, 0) is 31.6 Å². The van der Waals surface area contributed by atoms with Crippen LogP contribution in [0.2, 0.25) is 0 Å². The first-order chi connectivity index (χ1) is 14.1. The molecule has 1 unspecified atom stereocenters. The van der Waals surface area contributed by atoms with Crippen molar-refractivity contribution in [3.05, 3.63) is 24.8 Å². The van der Waals surface area contributed by atoms with Crippen molar-refractivity contribution in [2.45, 2.75) is 38.3 Å². The highest BCUT2D eigenvalue weighted by Crippen LogP contribution is 2.23. The zero-order valence-electron chi connectivity index (χ0n) is 16.5. The van der Waals surface area contributed by atoms with Crippen molar-refractivity contribution in [3.8, 4) is 0 Å². The number of fused-ring (bicyclic) bond motifs is 1. The molecule has 0 bridgehead atoms. The molecule has 1 saturated heterocycles. The molecular formula is C19H25N9O. The minimum atomic E-state index is 0.0767. The van der Waals surface area contributed by atoms with E-state index in [9.17, 15) is 4.79 Å². The van der Waals surface area contributed by atoms with Crippen LogP contribution in [-0.4, -0.2) is 59.6 Å². The van der Waals surface area contributed by atoms with Crippen LogP contribution in [0.3, 0.4) is 0 Å². The normalized spacial score (nSPS) is 19.5. The Kier molecular flexibility index (Phi) is 4.53. The van der Waals surface area contributed by atoms with E-state index < -0.39 is 0 Å². The first kappa shape index (κ1) is 17.9. The average Bonchev–Trinajstić information content (AvgIpc) is 3.31. The van der Waals surface area contributed by atoms with Crippen molar-refractivity contribution >= 4 is 28.7 Å². The Morgan fingerprint density at radius 3 is 2.90 bits per heavy atom. The van der Waals surface area contributed by atoms with Gasteiger partial charge in [0, 0.05) is 45.1 Å². The lowest BCUT2D eigenvalue weighted by atomic mass is 9.98. The zero-order valence-corrected chi connectivity index (χ0v) is 16.5. The average molecular weight is 395 g/mol. The van der Waals surface area contributed by atoms with E-state index in [-0.39, 0.29) is 6.03 Å². The van der Waals surface area contributed by atoms with Gasteiger partial charge in [0.1, 0.15) is 0 Å². The standard InChI is InChI=1S/C19H25N9O/c1-26-12-16(9-21-26)23-18-20-7-14-8-22-28(17(14)25-18)11-13-3-2-6-27(10-13)19(29)24-15-4-5-15/h7-9,12-13,15H,2-6,10-11H2,1H3,(H,24,29)(H,20,23,25). The molecule has 1 saturated carbocycles. The van der Waals surface area contributed by atoms with E-state index in [1.807, 2.05) is 22.8 Å². The number of hydrogen-bond acceptors (Lipinski definition) is 6. The second kappa shape index (κ2) is 7.34. The summed E-state index contributed by atoms with van der Waals surface area (Å²) in [4.78, 5) is 23.4. The van der Waals surface area contributed by atoms with E-state index in [4.69, 9.17) is 0 Å². The summed E-state index contributed by atoms with van der Waals surface area (Å²) >= 11 is 0. The molecule has 0 aromatic carbocycles. The van der Waals surface area contributed by atoms with Crippen LogP contribution in [-0.2, 0) is 13.6 Å². The number of hydrogen-bond donors (Lipinski definition) is 2. The van der Waals surface area contributed by atoms with Crippen LogP contribution in [0.15, 0.2) is 24.8 Å². The van der Waals surface area contributed by atoms with Crippen LogP contribution in [0.1, 0.15) is 25.7 Å². The largest absolute Gasteiger partial charge is 0.335 e. The Bertz CT molecular complexity index is 1020. The van der Waals surface area contributed by atoms with Gasteiger partial charge in [-0.3, -0.25) is 4.68 Å². The first-order valence-corrected chi connectivity index (χ1v) is 10.1. The van der Waals surface area contributed by atoms with Gasteiger partial charge in [0.2, 0.25) is 5.95 Å². The monoisotopic (exact) mass is 395 g/mol. The molecule has 1 aliphatic carbocycles. The number of nitrogens with zero attached hydrogens (tertiary/aromatic N) is 7. The van der Waals surface area contributed by atoms with Crippen LogP contribution >= 0.6 is 0 Å². The molecule has 3 aromatic rings. The minimum Gasteiger partial charge on any atom is -0.335 e. The van der Waals surface area contributed by atoms with Crippen molar-refractivity contribution in [2.24, 2.45) is 13.0 Å². The van der Waals surface area contributed by atoms with Crippen molar-refractivity contribution in [1.82, 2.24) is 39.7 Å². The lowest BCUT2D eigenvalue weighted by Crippen LogP contribution is -2.46. The van der Waals surface area contributed by atoms with E-state index in [2.05, 4.69) is 30.8 Å². The molecule has 1 atom stereocenters. The SMILES string of the molecule is Cn1cc(Nc2ncc3cnn(CC4CCCN(C(=O)NC5CC5)C4)c3n2)cn1. The van der Waals surface area contributed by atoms with Gasteiger partial charge in [0.05, 0.1) is 23.5 Å². The van der Waals surface area contributed by atoms with E-state index in [1.165, 1.54) is 0 Å². The van der Waals surface area contributed by atoms with E-state index >= 15 is 0 Å². The molecule has 10 nitrogen and oxygen atoms in total. The predicted octanol–water partition coefficient (Wildman–Crippen LogP) is 1.89. The Morgan fingerprint density at radius 1 is 1.21 bits per heavy atom. The molecule has 0 radical (unpaired) electrons. The zero-order chi connectivity index (χ0) is 19.8. The van der Waals surface area contributed by atoms with Crippen LogP contribution in [0.4, 0.5) is 16.4 Å². The van der Waals surface area contributed by atoms with Gasteiger partial charge < -0.3 is 15.5 Å². The maximum Gasteiger partial charge on any atom is 0.317 e. The summed E-state index contributed by atoms with van der Waals surface area (Å²) in [6.07, 6.45) is 11.5. The molecule has 3 aromatic heterocycles. The van der Waals surface area contributed by atoms with Gasteiger partial charge in [-0.1, -0.05) is 0 Å². The topological polar surface area (TPSA) is 106 Å². The summed E-state index contributed by atoms with van der Waals surface area (Å²) < 4.78 is 3.65. The molecule has 4 heterocycles. The molecule has 2 aliphatic rings. The molecule has 0 spiro atoms. The maximum absolute atomic E-state index is 12.4. The third-order valence-electron chi connectivity index (χ3n) is 5.48. The van der Waals surface area contributed by atoms with Crippen LogP contribution in [0, 0.1) is 5.92 Å². The second-order valence-corrected chi connectivity index (χ2v) is 8.00. The summed E-state index contributed by atoms with van der Waals surface area (Å²) in [5.74, 6) is 0.878. The van der Waals surface area contributed by atoms with E-state index in [1.54, 1.807) is 23.3 Å². The number of rotatable bonds is 5. The van der Waals surface area contributed by atoms with Gasteiger partial charge in [0.15, 0.2) is 5.65 Å². The fourth-order valence-corrected chi connectivity index (χ4v) is 3.81. The van der Waals surface area contributed by atoms with Crippen molar-refractivity contribution in [3.63, 3.8) is 0 Å². The first-order valence-electron chi connectivity index (χ1n) is 10.1. The van der Waals surface area contributed by atoms with Gasteiger partial charge >= 0.3 is 6.03 Å². The highest BCUT2D eigenvalue weighted by Gasteiger charge is 2.29. The highest BCUT2D eigenvalue weighted by atomic mass is 16.2. The van der Waals surface area contributed by atoms with Crippen LogP contribution in [0.5, 0.6) is 0 Å². The van der Waals surface area contributed by atoms with Gasteiger partial charge in [-0.15, -0.1) is 0 Å². The number of piperidine rings is 1. The Balaban J connectivity index is 1.29. The van der Waals surface area contributed by atoms with E-state index in [0.29, 0.717) is 17.9 Å².